The Bertz CT molecular complexity index is 332. The molecule has 0 aromatic carbocycles. The van der Waals surface area contributed by atoms with Crippen molar-refractivity contribution in [2.24, 2.45) is 5.73 Å². The zero-order chi connectivity index (χ0) is 9.84. The van der Waals surface area contributed by atoms with Crippen molar-refractivity contribution in [3.8, 4) is 0 Å². The molecule has 7 heteroatoms. The van der Waals surface area contributed by atoms with E-state index < -0.39 is 11.8 Å². The molecule has 1 heterocycles. The molecular formula is C6H8N4O3. The number of carbonyl (C=O) groups excluding carboxylic acids is 2. The minimum Gasteiger partial charge on any atom is -0.368 e. The average Bonchev–Trinajstić information content (AvgIpc) is 2.47. The third kappa shape index (κ3) is 2.55. The highest BCUT2D eigenvalue weighted by molar-refractivity contribution is 5.92. The Morgan fingerprint density at radius 1 is 1.62 bits per heavy atom. The summed E-state index contributed by atoms with van der Waals surface area (Å²) < 4.78 is 4.53. The van der Waals surface area contributed by atoms with E-state index >= 15 is 0 Å². The highest BCUT2D eigenvalue weighted by atomic mass is 16.5. The van der Waals surface area contributed by atoms with E-state index in [1.54, 1.807) is 6.92 Å². The van der Waals surface area contributed by atoms with Gasteiger partial charge in [-0.25, -0.2) is 0 Å². The number of amides is 2. The molecule has 0 radical (unpaired) electrons. The first kappa shape index (κ1) is 9.17. The molecule has 0 bridgehead atoms. The SMILES string of the molecule is Cc1noc(C(=O)NCC(N)=O)n1. The Morgan fingerprint density at radius 2 is 2.31 bits per heavy atom. The predicted octanol–water partition coefficient (Wildman–Crippen LogP) is -1.41. The summed E-state index contributed by atoms with van der Waals surface area (Å²) >= 11 is 0. The molecule has 0 saturated heterocycles. The van der Waals surface area contributed by atoms with Crippen molar-refractivity contribution in [1.29, 1.82) is 0 Å². The van der Waals surface area contributed by atoms with Gasteiger partial charge in [0, 0.05) is 0 Å². The maximum atomic E-state index is 11.0. The van der Waals surface area contributed by atoms with Gasteiger partial charge in [0.1, 0.15) is 0 Å². The lowest BCUT2D eigenvalue weighted by molar-refractivity contribution is -0.117. The van der Waals surface area contributed by atoms with Crippen LogP contribution in [0.25, 0.3) is 0 Å². The molecule has 1 rings (SSSR count). The van der Waals surface area contributed by atoms with Gasteiger partial charge in [-0.3, -0.25) is 9.59 Å². The Morgan fingerprint density at radius 3 is 2.77 bits per heavy atom. The van der Waals surface area contributed by atoms with Gasteiger partial charge in [0.2, 0.25) is 5.91 Å². The zero-order valence-corrected chi connectivity index (χ0v) is 6.90. The summed E-state index contributed by atoms with van der Waals surface area (Å²) in [5.74, 6) is -1.08. The van der Waals surface area contributed by atoms with Crippen molar-refractivity contribution < 1.29 is 14.1 Å². The number of nitrogens with zero attached hydrogens (tertiary/aromatic N) is 2. The van der Waals surface area contributed by atoms with Gasteiger partial charge < -0.3 is 15.6 Å². The highest BCUT2D eigenvalue weighted by Gasteiger charge is 2.13. The summed E-state index contributed by atoms with van der Waals surface area (Å²) in [6.07, 6.45) is 0. The summed E-state index contributed by atoms with van der Waals surface area (Å²) in [6, 6.07) is 0. The fourth-order valence-electron chi connectivity index (χ4n) is 0.632. The van der Waals surface area contributed by atoms with Crippen LogP contribution >= 0.6 is 0 Å². The van der Waals surface area contributed by atoms with Crippen molar-refractivity contribution in [3.63, 3.8) is 0 Å². The van der Waals surface area contributed by atoms with E-state index in [4.69, 9.17) is 5.73 Å². The molecule has 0 aliphatic carbocycles. The number of nitrogens with one attached hydrogen (secondary N) is 1. The van der Waals surface area contributed by atoms with Crippen LogP contribution in [0.5, 0.6) is 0 Å². The second-order valence-corrected chi connectivity index (χ2v) is 2.30. The van der Waals surface area contributed by atoms with Crippen LogP contribution in [0.15, 0.2) is 4.52 Å². The summed E-state index contributed by atoms with van der Waals surface area (Å²) in [6.45, 7) is 1.33. The third-order valence-corrected chi connectivity index (χ3v) is 1.14. The van der Waals surface area contributed by atoms with Crippen LogP contribution < -0.4 is 11.1 Å². The van der Waals surface area contributed by atoms with Gasteiger partial charge in [-0.05, 0) is 6.92 Å². The van der Waals surface area contributed by atoms with Gasteiger partial charge in [-0.1, -0.05) is 5.16 Å². The number of aromatic nitrogens is 2. The number of hydrogen-bond donors (Lipinski definition) is 2. The van der Waals surface area contributed by atoms with E-state index in [1.165, 1.54) is 0 Å². The van der Waals surface area contributed by atoms with Crippen LogP contribution in [-0.4, -0.2) is 28.5 Å². The molecule has 2 amide bonds. The topological polar surface area (TPSA) is 111 Å². The van der Waals surface area contributed by atoms with Gasteiger partial charge in [-0.15, -0.1) is 0 Å². The van der Waals surface area contributed by atoms with E-state index in [2.05, 4.69) is 20.0 Å². The van der Waals surface area contributed by atoms with Crippen molar-refractivity contribution in [2.75, 3.05) is 6.54 Å². The van der Waals surface area contributed by atoms with Crippen LogP contribution in [0.2, 0.25) is 0 Å². The molecule has 7 nitrogen and oxygen atoms in total. The first-order valence-electron chi connectivity index (χ1n) is 3.46. The lowest BCUT2D eigenvalue weighted by Crippen LogP contribution is -2.33. The van der Waals surface area contributed by atoms with Crippen LogP contribution in [0, 0.1) is 6.92 Å². The molecule has 3 N–H and O–H groups in total. The standard InChI is InChI=1S/C6H8N4O3/c1-3-9-6(13-10-3)5(12)8-2-4(7)11/h2H2,1H3,(H2,7,11)(H,8,12). The van der Waals surface area contributed by atoms with Crippen molar-refractivity contribution >= 4 is 11.8 Å². The summed E-state index contributed by atoms with van der Waals surface area (Å²) in [7, 11) is 0. The summed E-state index contributed by atoms with van der Waals surface area (Å²) in [5.41, 5.74) is 4.80. The molecule has 1 aromatic rings. The number of nitrogens with two attached hydrogens (primary N) is 1. The van der Waals surface area contributed by atoms with E-state index in [-0.39, 0.29) is 12.4 Å². The Balaban J connectivity index is 2.54. The van der Waals surface area contributed by atoms with Gasteiger partial charge >= 0.3 is 11.8 Å². The fourth-order valence-corrected chi connectivity index (χ4v) is 0.632. The Kier molecular flexibility index (Phi) is 2.58. The number of rotatable bonds is 3. The predicted molar refractivity (Wildman–Crippen MR) is 40.6 cm³/mol. The van der Waals surface area contributed by atoms with Crippen molar-refractivity contribution in [3.05, 3.63) is 11.7 Å². The second-order valence-electron chi connectivity index (χ2n) is 2.30. The molecule has 0 aliphatic heterocycles. The smallest absolute Gasteiger partial charge is 0.315 e. The molecule has 0 saturated carbocycles. The monoisotopic (exact) mass is 184 g/mol. The van der Waals surface area contributed by atoms with E-state index in [0.29, 0.717) is 5.82 Å². The third-order valence-electron chi connectivity index (χ3n) is 1.14. The number of primary amides is 1. The highest BCUT2D eigenvalue weighted by Crippen LogP contribution is 1.94. The maximum Gasteiger partial charge on any atom is 0.315 e. The molecule has 0 aliphatic rings. The lowest BCUT2D eigenvalue weighted by Gasteiger charge is -1.95. The molecule has 70 valence electrons. The molecule has 1 aromatic heterocycles. The number of carbonyl (C=O) groups is 2. The summed E-state index contributed by atoms with van der Waals surface area (Å²) in [5, 5.41) is 5.60. The van der Waals surface area contributed by atoms with Crippen LogP contribution in [0.4, 0.5) is 0 Å². The van der Waals surface area contributed by atoms with Gasteiger partial charge in [-0.2, -0.15) is 4.98 Å². The molecule has 0 unspecified atom stereocenters. The van der Waals surface area contributed by atoms with Crippen LogP contribution in [0.3, 0.4) is 0 Å². The molecular weight excluding hydrogens is 176 g/mol. The number of aryl methyl sites for hydroxylation is 1. The fraction of sp³-hybridized carbons (Fsp3) is 0.333. The lowest BCUT2D eigenvalue weighted by atomic mass is 10.5. The first-order valence-corrected chi connectivity index (χ1v) is 3.46. The maximum absolute atomic E-state index is 11.0. The van der Waals surface area contributed by atoms with E-state index in [1.807, 2.05) is 0 Å². The van der Waals surface area contributed by atoms with Gasteiger partial charge in [0.05, 0.1) is 6.54 Å². The van der Waals surface area contributed by atoms with E-state index in [9.17, 15) is 9.59 Å². The van der Waals surface area contributed by atoms with Crippen molar-refractivity contribution in [1.82, 2.24) is 15.5 Å². The quantitative estimate of drug-likeness (QED) is 0.599. The van der Waals surface area contributed by atoms with Gasteiger partial charge in [0.25, 0.3) is 0 Å². The normalized spacial score (nSPS) is 9.62. The minimum absolute atomic E-state index is 0.182. The molecule has 0 atom stereocenters. The van der Waals surface area contributed by atoms with Crippen molar-refractivity contribution in [2.45, 2.75) is 6.92 Å². The average molecular weight is 184 g/mol. The summed E-state index contributed by atoms with van der Waals surface area (Å²) in [4.78, 5) is 25.0. The second kappa shape index (κ2) is 3.65. The van der Waals surface area contributed by atoms with Gasteiger partial charge in [0.15, 0.2) is 5.82 Å². The Hall–Kier alpha value is -1.92. The van der Waals surface area contributed by atoms with Crippen LogP contribution in [-0.2, 0) is 4.79 Å². The zero-order valence-electron chi connectivity index (χ0n) is 6.90. The van der Waals surface area contributed by atoms with Crippen LogP contribution in [0.1, 0.15) is 16.5 Å². The minimum atomic E-state index is -0.635. The number of hydrogen-bond acceptors (Lipinski definition) is 5. The molecule has 13 heavy (non-hydrogen) atoms. The molecule has 0 spiro atoms. The first-order chi connectivity index (χ1) is 6.09. The largest absolute Gasteiger partial charge is 0.368 e. The van der Waals surface area contributed by atoms with E-state index in [0.717, 1.165) is 0 Å². The molecule has 0 fully saturated rings. The Labute approximate surface area is 73.3 Å².